The lowest BCUT2D eigenvalue weighted by Gasteiger charge is -2.31. The Hall–Kier alpha value is -2.23. The van der Waals surface area contributed by atoms with Gasteiger partial charge in [0, 0.05) is 18.0 Å². The van der Waals surface area contributed by atoms with Crippen LogP contribution in [0.25, 0.3) is 0 Å². The first-order chi connectivity index (χ1) is 11.6. The zero-order valence-electron chi connectivity index (χ0n) is 12.9. The van der Waals surface area contributed by atoms with Crippen molar-refractivity contribution < 1.29 is 8.42 Å². The largest absolute Gasteiger partial charge is 0.335 e. The van der Waals surface area contributed by atoms with Crippen LogP contribution in [0.2, 0.25) is 0 Å². The van der Waals surface area contributed by atoms with Crippen LogP contribution in [0.15, 0.2) is 75.5 Å². The van der Waals surface area contributed by atoms with Crippen molar-refractivity contribution in [3.05, 3.63) is 70.6 Å². The lowest BCUT2D eigenvalue weighted by molar-refractivity contribution is 0.602. The molecule has 3 rings (SSSR count). The van der Waals surface area contributed by atoms with Gasteiger partial charge in [0.05, 0.1) is 4.90 Å². The standard InChI is InChI=1S/C18H16N2O2S2/c19-14-17(24(21,22)16-10-5-2-6-11-16)18-20(12-7-13-23-18)15-8-3-1-4-9-15/h1-6,8-11H,7,12-13H2/b18-17-. The highest BCUT2D eigenvalue weighted by Gasteiger charge is 2.30. The number of nitrogens with zero attached hydrogens (tertiary/aromatic N) is 2. The molecule has 0 atom stereocenters. The summed E-state index contributed by atoms with van der Waals surface area (Å²) in [6, 6.07) is 19.6. The number of para-hydroxylation sites is 1. The first-order valence-corrected chi connectivity index (χ1v) is 10.0. The van der Waals surface area contributed by atoms with E-state index in [-0.39, 0.29) is 9.80 Å². The van der Waals surface area contributed by atoms with Crippen molar-refractivity contribution in [2.24, 2.45) is 0 Å². The molecule has 4 nitrogen and oxygen atoms in total. The molecule has 24 heavy (non-hydrogen) atoms. The second-order valence-electron chi connectivity index (χ2n) is 5.25. The zero-order valence-corrected chi connectivity index (χ0v) is 14.6. The Morgan fingerprint density at radius 1 is 1.04 bits per heavy atom. The minimum Gasteiger partial charge on any atom is -0.335 e. The number of anilines is 1. The van der Waals surface area contributed by atoms with E-state index >= 15 is 0 Å². The number of sulfone groups is 1. The average Bonchev–Trinajstić information content (AvgIpc) is 2.64. The fraction of sp³-hybridized carbons (Fsp3) is 0.167. The molecule has 0 aliphatic carbocycles. The molecule has 0 N–H and O–H groups in total. The van der Waals surface area contributed by atoms with E-state index in [1.165, 1.54) is 23.9 Å². The minimum absolute atomic E-state index is 0.147. The molecule has 0 radical (unpaired) electrons. The molecule has 1 saturated heterocycles. The minimum atomic E-state index is -3.84. The molecule has 2 aromatic carbocycles. The van der Waals surface area contributed by atoms with E-state index in [1.54, 1.807) is 18.2 Å². The highest BCUT2D eigenvalue weighted by molar-refractivity contribution is 8.04. The second kappa shape index (κ2) is 7.12. The van der Waals surface area contributed by atoms with Gasteiger partial charge in [-0.25, -0.2) is 8.42 Å². The highest BCUT2D eigenvalue weighted by Crippen LogP contribution is 2.36. The van der Waals surface area contributed by atoms with Crippen molar-refractivity contribution in [3.8, 4) is 6.07 Å². The van der Waals surface area contributed by atoms with Gasteiger partial charge in [0.25, 0.3) is 0 Å². The third-order valence-electron chi connectivity index (χ3n) is 3.70. The van der Waals surface area contributed by atoms with Crippen LogP contribution >= 0.6 is 11.8 Å². The van der Waals surface area contributed by atoms with Gasteiger partial charge in [-0.2, -0.15) is 5.26 Å². The van der Waals surface area contributed by atoms with Crippen molar-refractivity contribution in [3.63, 3.8) is 0 Å². The molecular weight excluding hydrogens is 340 g/mol. The molecule has 0 spiro atoms. The quantitative estimate of drug-likeness (QED) is 0.783. The Kier molecular flexibility index (Phi) is 4.93. The molecule has 0 bridgehead atoms. The lowest BCUT2D eigenvalue weighted by Crippen LogP contribution is -2.29. The van der Waals surface area contributed by atoms with Gasteiger partial charge in [0.2, 0.25) is 9.84 Å². The normalized spacial score (nSPS) is 17.2. The van der Waals surface area contributed by atoms with Gasteiger partial charge in [0.15, 0.2) is 4.91 Å². The molecule has 1 fully saturated rings. The van der Waals surface area contributed by atoms with Crippen LogP contribution in [0, 0.1) is 11.3 Å². The number of allylic oxidation sites excluding steroid dienone is 1. The van der Waals surface area contributed by atoms with Crippen LogP contribution in [0.4, 0.5) is 5.69 Å². The first-order valence-electron chi connectivity index (χ1n) is 7.54. The molecular formula is C18H16N2O2S2. The maximum atomic E-state index is 12.9. The zero-order chi connectivity index (χ0) is 17.0. The molecule has 1 aliphatic rings. The molecule has 1 aliphatic heterocycles. The topological polar surface area (TPSA) is 61.2 Å². The van der Waals surface area contributed by atoms with Gasteiger partial charge in [-0.1, -0.05) is 36.4 Å². The molecule has 1 heterocycles. The Morgan fingerprint density at radius 3 is 2.29 bits per heavy atom. The predicted octanol–water partition coefficient (Wildman–Crippen LogP) is 3.80. The third kappa shape index (κ3) is 3.18. The Labute approximate surface area is 146 Å². The van der Waals surface area contributed by atoms with Crippen molar-refractivity contribution in [1.29, 1.82) is 5.26 Å². The molecule has 0 unspecified atom stereocenters. The molecule has 0 amide bonds. The summed E-state index contributed by atoms with van der Waals surface area (Å²) in [5.41, 5.74) is 0.899. The summed E-state index contributed by atoms with van der Waals surface area (Å²) in [5.74, 6) is 0.800. The Bertz CT molecular complexity index is 886. The first kappa shape index (κ1) is 16.6. The number of hydrogen-bond acceptors (Lipinski definition) is 5. The van der Waals surface area contributed by atoms with Gasteiger partial charge in [-0.15, -0.1) is 11.8 Å². The average molecular weight is 356 g/mol. The molecule has 2 aromatic rings. The van der Waals surface area contributed by atoms with E-state index in [4.69, 9.17) is 0 Å². The van der Waals surface area contributed by atoms with E-state index in [0.29, 0.717) is 11.6 Å². The molecule has 6 heteroatoms. The van der Waals surface area contributed by atoms with Gasteiger partial charge >= 0.3 is 0 Å². The molecule has 0 aromatic heterocycles. The predicted molar refractivity (Wildman–Crippen MR) is 97.1 cm³/mol. The second-order valence-corrected chi connectivity index (χ2v) is 8.22. The summed E-state index contributed by atoms with van der Waals surface area (Å²) >= 11 is 1.42. The van der Waals surface area contributed by atoms with Crippen LogP contribution in [0.1, 0.15) is 6.42 Å². The van der Waals surface area contributed by atoms with Gasteiger partial charge < -0.3 is 4.90 Å². The summed E-state index contributed by atoms with van der Waals surface area (Å²) < 4.78 is 25.8. The smallest absolute Gasteiger partial charge is 0.219 e. The van der Waals surface area contributed by atoms with Gasteiger partial charge in [-0.3, -0.25) is 0 Å². The van der Waals surface area contributed by atoms with Gasteiger partial charge in [0.1, 0.15) is 11.1 Å². The van der Waals surface area contributed by atoms with Crippen molar-refractivity contribution in [2.75, 3.05) is 17.2 Å². The van der Waals surface area contributed by atoms with E-state index in [2.05, 4.69) is 0 Å². The van der Waals surface area contributed by atoms with E-state index in [0.717, 1.165) is 17.9 Å². The van der Waals surface area contributed by atoms with E-state index in [9.17, 15) is 13.7 Å². The number of rotatable bonds is 3. The number of hydrogen-bond donors (Lipinski definition) is 0. The Morgan fingerprint density at radius 2 is 1.67 bits per heavy atom. The van der Waals surface area contributed by atoms with Crippen LogP contribution in [-0.2, 0) is 9.84 Å². The number of benzene rings is 2. The fourth-order valence-electron chi connectivity index (χ4n) is 2.55. The number of thioether (sulfide) groups is 1. The highest BCUT2D eigenvalue weighted by atomic mass is 32.2. The summed E-state index contributed by atoms with van der Waals surface area (Å²) in [4.78, 5) is 1.89. The van der Waals surface area contributed by atoms with Gasteiger partial charge in [-0.05, 0) is 30.7 Å². The maximum Gasteiger partial charge on any atom is 0.219 e. The summed E-state index contributed by atoms with van der Waals surface area (Å²) in [7, 11) is -3.84. The summed E-state index contributed by atoms with van der Waals surface area (Å²) in [6.07, 6.45) is 0.938. The molecule has 122 valence electrons. The summed E-state index contributed by atoms with van der Waals surface area (Å²) in [6.45, 7) is 0.696. The van der Waals surface area contributed by atoms with E-state index < -0.39 is 9.84 Å². The number of nitriles is 1. The SMILES string of the molecule is N#C/C(=C1/SCCCN1c1ccccc1)S(=O)(=O)c1ccccc1. The lowest BCUT2D eigenvalue weighted by atomic mass is 10.3. The Balaban J connectivity index is 2.14. The summed E-state index contributed by atoms with van der Waals surface area (Å²) in [5, 5.41) is 10.1. The fourth-order valence-corrected chi connectivity index (χ4v) is 5.27. The van der Waals surface area contributed by atoms with Crippen LogP contribution in [0.5, 0.6) is 0 Å². The van der Waals surface area contributed by atoms with Crippen molar-refractivity contribution >= 4 is 27.3 Å². The maximum absolute atomic E-state index is 12.9. The third-order valence-corrected chi connectivity index (χ3v) is 6.73. The van der Waals surface area contributed by atoms with E-state index in [1.807, 2.05) is 41.3 Å². The monoisotopic (exact) mass is 356 g/mol. The van der Waals surface area contributed by atoms with Crippen molar-refractivity contribution in [1.82, 2.24) is 0 Å². The van der Waals surface area contributed by atoms with Crippen molar-refractivity contribution in [2.45, 2.75) is 11.3 Å². The van der Waals surface area contributed by atoms with Crippen LogP contribution in [0.3, 0.4) is 0 Å². The molecule has 0 saturated carbocycles. The van der Waals surface area contributed by atoms with Crippen LogP contribution < -0.4 is 4.90 Å². The van der Waals surface area contributed by atoms with Crippen LogP contribution in [-0.4, -0.2) is 20.7 Å².